The lowest BCUT2D eigenvalue weighted by Crippen LogP contribution is -3.00. The summed E-state index contributed by atoms with van der Waals surface area (Å²) in [5.41, 5.74) is 8.66. The van der Waals surface area contributed by atoms with Gasteiger partial charge in [0.05, 0.1) is 102 Å². The minimum Gasteiger partial charge on any atom is -1.00 e. The van der Waals surface area contributed by atoms with Gasteiger partial charge < -0.3 is 53.6 Å². The third kappa shape index (κ3) is 17.0. The Hall–Kier alpha value is -4.32. The quantitative estimate of drug-likeness (QED) is 0.0760. The van der Waals surface area contributed by atoms with Gasteiger partial charge in [0.1, 0.15) is 22.7 Å². The number of nitrogens with zero attached hydrogens (tertiary/aromatic N) is 14. The fourth-order valence-corrected chi connectivity index (χ4v) is 7.58. The summed E-state index contributed by atoms with van der Waals surface area (Å²) in [7, 11) is 32.7. The Kier molecular flexibility index (Phi) is 26.9. The molecule has 0 aliphatic heterocycles. The van der Waals surface area contributed by atoms with Gasteiger partial charge in [0, 0.05) is 68.5 Å². The van der Waals surface area contributed by atoms with E-state index >= 15 is 0 Å². The van der Waals surface area contributed by atoms with E-state index in [0.717, 1.165) is 79.8 Å². The molecular formula is C48H70Br2Cl4N14. The highest BCUT2D eigenvalue weighted by atomic mass is 79.9. The van der Waals surface area contributed by atoms with Gasteiger partial charge in [0.25, 0.3) is 0 Å². The van der Waals surface area contributed by atoms with Gasteiger partial charge in [-0.2, -0.15) is 0 Å². The molecule has 0 saturated heterocycles. The number of aromatic nitrogens is 2. The Balaban J connectivity index is 0.00000274. The fourth-order valence-electron chi connectivity index (χ4n) is 7.58. The Bertz CT molecular complexity index is 2270. The first-order valence-corrected chi connectivity index (χ1v) is 23.3. The Morgan fingerprint density at radius 1 is 0.441 bits per heavy atom. The predicted octanol–water partition coefficient (Wildman–Crippen LogP) is 2.25. The van der Waals surface area contributed by atoms with Crippen LogP contribution in [-0.2, 0) is 13.1 Å². The van der Waals surface area contributed by atoms with E-state index in [0.29, 0.717) is 13.1 Å². The number of hydrogen-bond acceptors (Lipinski definition) is 4. The lowest BCUT2D eigenvalue weighted by molar-refractivity contribution is -0.470. The van der Waals surface area contributed by atoms with Crippen molar-refractivity contribution in [2.45, 2.75) is 13.1 Å². The Morgan fingerprint density at radius 2 is 0.706 bits per heavy atom. The van der Waals surface area contributed by atoms with Crippen LogP contribution in [0, 0.1) is 0 Å². The molecule has 4 aromatic carbocycles. The van der Waals surface area contributed by atoms with E-state index in [1.54, 1.807) is 0 Å². The zero-order chi connectivity index (χ0) is 49.4. The molecule has 0 saturated carbocycles. The van der Waals surface area contributed by atoms with Gasteiger partial charge in [-0.15, -0.1) is 46.4 Å². The molecule has 0 unspecified atom stereocenters. The van der Waals surface area contributed by atoms with E-state index < -0.39 is 0 Å². The van der Waals surface area contributed by atoms with Crippen molar-refractivity contribution in [2.24, 2.45) is 9.98 Å². The topological polar surface area (TPSA) is 82.4 Å². The maximum absolute atomic E-state index is 5.39. The van der Waals surface area contributed by atoms with Crippen molar-refractivity contribution in [3.63, 3.8) is 0 Å². The summed E-state index contributed by atoms with van der Waals surface area (Å²) < 4.78 is 4.27. The second-order valence-electron chi connectivity index (χ2n) is 16.8. The van der Waals surface area contributed by atoms with Crippen LogP contribution in [0.15, 0.2) is 94.9 Å². The number of anilines is 2. The lowest BCUT2D eigenvalue weighted by Gasteiger charge is -2.28. The Labute approximate surface area is 446 Å². The van der Waals surface area contributed by atoms with Crippen LogP contribution < -0.4 is 43.8 Å². The zero-order valence-electron chi connectivity index (χ0n) is 42.4. The van der Waals surface area contributed by atoms with Gasteiger partial charge in [-0.3, -0.25) is 19.0 Å². The summed E-state index contributed by atoms with van der Waals surface area (Å²) in [6.07, 6.45) is 0. The number of halogens is 6. The van der Waals surface area contributed by atoms with Crippen LogP contribution in [0.1, 0.15) is 11.1 Å². The summed E-state index contributed by atoms with van der Waals surface area (Å²) in [6.45, 7) is 1.21. The summed E-state index contributed by atoms with van der Waals surface area (Å²) in [6, 6.07) is 29.5. The van der Waals surface area contributed by atoms with Gasteiger partial charge in [-0.05, 0) is 23.3 Å². The predicted molar refractivity (Wildman–Crippen MR) is 286 cm³/mol. The maximum atomic E-state index is 5.39. The molecule has 0 bridgehead atoms. The van der Waals surface area contributed by atoms with E-state index in [2.05, 4.69) is 158 Å². The molecule has 1 aromatic heterocycles. The van der Waals surface area contributed by atoms with E-state index in [1.165, 1.54) is 0 Å². The number of benzene rings is 4. The zero-order valence-corrected chi connectivity index (χ0v) is 48.6. The van der Waals surface area contributed by atoms with Crippen molar-refractivity contribution < 1.29 is 43.1 Å². The molecule has 0 amide bonds. The summed E-state index contributed by atoms with van der Waals surface area (Å²) in [4.78, 5) is 38.5. The average molecular weight is 1140 g/mol. The summed E-state index contributed by atoms with van der Waals surface area (Å²) in [5, 5.41) is 0.389. The Morgan fingerprint density at radius 3 is 0.941 bits per heavy atom. The summed E-state index contributed by atoms with van der Waals surface area (Å²) >= 11 is 19.1. The molecular weight excluding hydrogens is 1070 g/mol. The normalized spacial score (nSPS) is 10.1. The minimum absolute atomic E-state index is 0. The molecule has 1 heterocycles. The number of guanidine groups is 4. The maximum Gasteiger partial charge on any atom is 0.354 e. The third-order valence-electron chi connectivity index (χ3n) is 9.70. The second-order valence-corrected chi connectivity index (χ2v) is 18.4. The molecule has 0 radical (unpaired) electrons. The highest BCUT2D eigenvalue weighted by molar-refractivity contribution is 6.41. The van der Waals surface area contributed by atoms with Crippen molar-refractivity contribution in [2.75, 3.05) is 133 Å². The van der Waals surface area contributed by atoms with E-state index in [9.17, 15) is 0 Å². The van der Waals surface area contributed by atoms with Crippen LogP contribution in [0.3, 0.4) is 0 Å². The summed E-state index contributed by atoms with van der Waals surface area (Å²) in [5.74, 6) is 3.59. The van der Waals surface area contributed by atoms with E-state index in [1.807, 2.05) is 88.1 Å². The van der Waals surface area contributed by atoms with Crippen LogP contribution >= 0.6 is 46.4 Å². The molecule has 0 spiro atoms. The van der Waals surface area contributed by atoms with Gasteiger partial charge in [0.2, 0.25) is 11.9 Å². The number of alkyl halides is 4. The highest BCUT2D eigenvalue weighted by Crippen LogP contribution is 2.38. The fraction of sp³-hybridized carbons (Fsp3) is 0.417. The average Bonchev–Trinajstić information content (AvgIpc) is 3.23. The van der Waals surface area contributed by atoms with Crippen molar-refractivity contribution in [3.8, 4) is 0 Å². The van der Waals surface area contributed by atoms with E-state index in [4.69, 9.17) is 66.4 Å². The van der Waals surface area contributed by atoms with Crippen LogP contribution in [0.5, 0.6) is 0 Å². The number of rotatable bonds is 8. The molecule has 5 aromatic rings. The second kappa shape index (κ2) is 29.7. The van der Waals surface area contributed by atoms with E-state index in [-0.39, 0.29) is 44.6 Å². The number of hydrogen-bond donors (Lipinski definition) is 0. The minimum atomic E-state index is 0. The number of aliphatic imine (C=N–C) groups is 2. The third-order valence-corrected chi connectivity index (χ3v) is 9.70. The molecule has 0 N–H and O–H groups in total. The largest absolute Gasteiger partial charge is 1.00 e. The SMILES string of the molecule is CN(C)C(=Nc1cc2nc3cc(N(Cc4ccccc4)C(N(C)C)=[N+](C)C)c(N=C(N(C)C)N(C)C)cc3nc2cc1N(Cc1ccccc1)C(N(C)C)=[N+](C)C)N(C)C.ClCCl.ClCCl.[Br-].[Br-]. The molecule has 0 atom stereocenters. The van der Waals surface area contributed by atoms with Crippen molar-refractivity contribution in [1.29, 1.82) is 0 Å². The highest BCUT2D eigenvalue weighted by Gasteiger charge is 2.31. The molecule has 0 fully saturated rings. The van der Waals surface area contributed by atoms with Gasteiger partial charge >= 0.3 is 11.9 Å². The standard InChI is InChI=1S/C46H66N14.2CH2Cl2.2BrH/c1-51(2)43(52(3)4)49-39-27-35-37(29-41(39)59(45(55(9)10)56(11)12)31-33-23-19-17-20-24-33)48-36-28-40(50-44(53(5)6)54(7)8)42(30-38(36)47-35)60(46(57(13)14)58(15)16)32-34-25-21-18-22-26-34;2*2-1-3;;/h17-30H,31-32H2,1-16H3;2*1H2;2*1H/q+2;;;;/p-2. The van der Waals surface area contributed by atoms with Crippen LogP contribution in [-0.4, -0.2) is 196 Å². The molecule has 68 heavy (non-hydrogen) atoms. The number of fused-ring (bicyclic) bond motifs is 2. The van der Waals surface area contributed by atoms with Gasteiger partial charge in [-0.25, -0.2) is 29.8 Å². The monoisotopic (exact) mass is 1140 g/mol. The van der Waals surface area contributed by atoms with Crippen molar-refractivity contribution in [3.05, 3.63) is 96.1 Å². The molecule has 5 rings (SSSR count). The molecule has 20 heteroatoms. The lowest BCUT2D eigenvalue weighted by atomic mass is 10.1. The molecule has 0 aliphatic rings. The first-order valence-electron chi connectivity index (χ1n) is 21.2. The molecule has 374 valence electrons. The van der Waals surface area contributed by atoms with Crippen molar-refractivity contribution in [1.82, 2.24) is 39.4 Å². The van der Waals surface area contributed by atoms with Gasteiger partial charge in [0.15, 0.2) is 0 Å². The van der Waals surface area contributed by atoms with Crippen LogP contribution in [0.25, 0.3) is 22.1 Å². The first kappa shape index (κ1) is 61.7. The molecule has 0 aliphatic carbocycles. The first-order chi connectivity index (χ1) is 31.2. The van der Waals surface area contributed by atoms with Gasteiger partial charge in [-0.1, -0.05) is 60.7 Å². The van der Waals surface area contributed by atoms with Crippen LogP contribution in [0.4, 0.5) is 22.7 Å². The van der Waals surface area contributed by atoms with Crippen molar-refractivity contribution >= 4 is 115 Å². The smallest absolute Gasteiger partial charge is 0.354 e. The molecule has 14 nitrogen and oxygen atoms in total. The van der Waals surface area contributed by atoms with Crippen LogP contribution in [0.2, 0.25) is 0 Å².